The van der Waals surface area contributed by atoms with Crippen LogP contribution in [0.25, 0.3) is 0 Å². The Hall–Kier alpha value is -1.30. The molecule has 1 unspecified atom stereocenters. The normalized spacial score (nSPS) is 12.3. The van der Waals surface area contributed by atoms with Crippen molar-refractivity contribution in [2.75, 3.05) is 23.9 Å². The predicted molar refractivity (Wildman–Crippen MR) is 90.2 cm³/mol. The number of rotatable bonds is 8. The molecule has 1 aromatic heterocycles. The fourth-order valence-corrected chi connectivity index (χ4v) is 2.60. The van der Waals surface area contributed by atoms with Crippen molar-refractivity contribution >= 4 is 23.4 Å². The monoisotopic (exact) mass is 310 g/mol. The van der Waals surface area contributed by atoms with Crippen LogP contribution in [0.2, 0.25) is 0 Å². The Morgan fingerprint density at radius 3 is 2.62 bits per heavy atom. The molecule has 0 saturated carbocycles. The van der Waals surface area contributed by atoms with Gasteiger partial charge in [0.25, 0.3) is 5.91 Å². The fourth-order valence-electron chi connectivity index (χ4n) is 1.88. The molecule has 1 atom stereocenters. The van der Waals surface area contributed by atoms with Gasteiger partial charge in [0, 0.05) is 24.3 Å². The standard InChI is InChI=1S/C15H26N4OS/c1-6-11(9-21-5)18-15(20)13-12(16-7-2)8-17-14(19-13)10(3)4/h8,10-11,16H,6-7,9H2,1-5H3,(H,18,20). The molecule has 0 radical (unpaired) electrons. The van der Waals surface area contributed by atoms with E-state index in [1.54, 1.807) is 18.0 Å². The van der Waals surface area contributed by atoms with Gasteiger partial charge in [0.2, 0.25) is 0 Å². The first-order chi connectivity index (χ1) is 10.0. The summed E-state index contributed by atoms with van der Waals surface area (Å²) in [5.41, 5.74) is 1.13. The van der Waals surface area contributed by atoms with Gasteiger partial charge in [-0.05, 0) is 19.6 Å². The van der Waals surface area contributed by atoms with E-state index in [-0.39, 0.29) is 17.9 Å². The van der Waals surface area contributed by atoms with Crippen LogP contribution in [0, 0.1) is 0 Å². The van der Waals surface area contributed by atoms with Crippen LogP contribution in [0.3, 0.4) is 0 Å². The number of carbonyl (C=O) groups excluding carboxylic acids is 1. The van der Waals surface area contributed by atoms with Crippen molar-refractivity contribution in [3.63, 3.8) is 0 Å². The molecule has 0 aliphatic carbocycles. The molecular weight excluding hydrogens is 284 g/mol. The van der Waals surface area contributed by atoms with Gasteiger partial charge >= 0.3 is 0 Å². The second-order valence-electron chi connectivity index (χ2n) is 5.21. The van der Waals surface area contributed by atoms with Crippen LogP contribution in [0.4, 0.5) is 5.69 Å². The number of carbonyl (C=O) groups is 1. The Balaban J connectivity index is 3.00. The molecule has 21 heavy (non-hydrogen) atoms. The zero-order chi connectivity index (χ0) is 15.8. The molecule has 2 N–H and O–H groups in total. The van der Waals surface area contributed by atoms with Gasteiger partial charge in [-0.2, -0.15) is 11.8 Å². The lowest BCUT2D eigenvalue weighted by atomic mass is 10.2. The van der Waals surface area contributed by atoms with E-state index < -0.39 is 0 Å². The molecule has 118 valence electrons. The summed E-state index contributed by atoms with van der Waals surface area (Å²) in [5.74, 6) is 1.66. The van der Waals surface area contributed by atoms with Gasteiger partial charge in [-0.3, -0.25) is 4.79 Å². The van der Waals surface area contributed by atoms with Crippen LogP contribution in [-0.4, -0.2) is 40.5 Å². The van der Waals surface area contributed by atoms with Crippen LogP contribution in [0.1, 0.15) is 56.3 Å². The number of nitrogens with zero attached hydrogens (tertiary/aromatic N) is 2. The summed E-state index contributed by atoms with van der Waals surface area (Å²) in [7, 11) is 0. The Kier molecular flexibility index (Phi) is 7.50. The van der Waals surface area contributed by atoms with Crippen molar-refractivity contribution < 1.29 is 4.79 Å². The Bertz CT molecular complexity index is 465. The molecule has 6 heteroatoms. The van der Waals surface area contributed by atoms with Gasteiger partial charge in [-0.25, -0.2) is 9.97 Å². The van der Waals surface area contributed by atoms with Gasteiger partial charge < -0.3 is 10.6 Å². The van der Waals surface area contributed by atoms with Gasteiger partial charge in [0.1, 0.15) is 5.82 Å². The molecular formula is C15H26N4OS. The number of anilines is 1. The maximum Gasteiger partial charge on any atom is 0.272 e. The first-order valence-electron chi connectivity index (χ1n) is 7.44. The third-order valence-electron chi connectivity index (χ3n) is 3.10. The summed E-state index contributed by atoms with van der Waals surface area (Å²) in [5, 5.41) is 6.21. The largest absolute Gasteiger partial charge is 0.382 e. The summed E-state index contributed by atoms with van der Waals surface area (Å²) < 4.78 is 0. The van der Waals surface area contributed by atoms with Crippen LogP contribution in [0.5, 0.6) is 0 Å². The van der Waals surface area contributed by atoms with Crippen molar-refractivity contribution in [3.8, 4) is 0 Å². The number of thioether (sulfide) groups is 1. The summed E-state index contributed by atoms with van der Waals surface area (Å²) in [6.07, 6.45) is 4.65. The van der Waals surface area contributed by atoms with E-state index >= 15 is 0 Å². The molecule has 5 nitrogen and oxygen atoms in total. The SMILES string of the molecule is CCNc1cnc(C(C)C)nc1C(=O)NC(CC)CSC. The van der Waals surface area contributed by atoms with E-state index in [0.29, 0.717) is 17.2 Å². The third kappa shape index (κ3) is 5.19. The molecule has 1 aromatic rings. The highest BCUT2D eigenvalue weighted by Crippen LogP contribution is 2.16. The lowest BCUT2D eigenvalue weighted by Gasteiger charge is -2.17. The number of hydrogen-bond acceptors (Lipinski definition) is 5. The van der Waals surface area contributed by atoms with Crippen molar-refractivity contribution in [1.29, 1.82) is 0 Å². The number of aromatic nitrogens is 2. The van der Waals surface area contributed by atoms with E-state index in [1.165, 1.54) is 0 Å². The van der Waals surface area contributed by atoms with Gasteiger partial charge in [-0.1, -0.05) is 20.8 Å². The minimum absolute atomic E-state index is 0.129. The second-order valence-corrected chi connectivity index (χ2v) is 6.12. The highest BCUT2D eigenvalue weighted by atomic mass is 32.2. The summed E-state index contributed by atoms with van der Waals surface area (Å²) in [6, 6.07) is 0.166. The molecule has 0 bridgehead atoms. The lowest BCUT2D eigenvalue weighted by molar-refractivity contribution is 0.0935. The zero-order valence-corrected chi connectivity index (χ0v) is 14.4. The van der Waals surface area contributed by atoms with Gasteiger partial charge in [0.05, 0.1) is 11.9 Å². The van der Waals surface area contributed by atoms with Crippen LogP contribution in [0.15, 0.2) is 6.20 Å². The highest BCUT2D eigenvalue weighted by Gasteiger charge is 2.18. The average Bonchev–Trinajstić information content (AvgIpc) is 2.47. The lowest BCUT2D eigenvalue weighted by Crippen LogP contribution is -2.37. The molecule has 0 saturated heterocycles. The fraction of sp³-hybridized carbons (Fsp3) is 0.667. The van der Waals surface area contributed by atoms with E-state index in [1.807, 2.05) is 27.0 Å². The predicted octanol–water partition coefficient (Wildman–Crippen LogP) is 2.90. The molecule has 0 aliphatic rings. The van der Waals surface area contributed by atoms with Gasteiger partial charge in [0.15, 0.2) is 5.69 Å². The maximum atomic E-state index is 12.5. The van der Waals surface area contributed by atoms with E-state index in [9.17, 15) is 4.79 Å². The summed E-state index contributed by atoms with van der Waals surface area (Å²) in [6.45, 7) is 8.83. The van der Waals surface area contributed by atoms with E-state index in [0.717, 1.165) is 18.7 Å². The second kappa shape index (κ2) is 8.87. The van der Waals surface area contributed by atoms with Gasteiger partial charge in [-0.15, -0.1) is 0 Å². The number of nitrogens with one attached hydrogen (secondary N) is 2. The molecule has 1 heterocycles. The quantitative estimate of drug-likeness (QED) is 0.773. The smallest absolute Gasteiger partial charge is 0.272 e. The molecule has 1 amide bonds. The minimum Gasteiger partial charge on any atom is -0.382 e. The average molecular weight is 310 g/mol. The van der Waals surface area contributed by atoms with E-state index in [2.05, 4.69) is 27.5 Å². The highest BCUT2D eigenvalue weighted by molar-refractivity contribution is 7.98. The first kappa shape index (κ1) is 17.8. The topological polar surface area (TPSA) is 66.9 Å². The maximum absolute atomic E-state index is 12.5. The molecule has 0 aliphatic heterocycles. The third-order valence-corrected chi connectivity index (χ3v) is 3.84. The summed E-state index contributed by atoms with van der Waals surface area (Å²) in [4.78, 5) is 21.3. The Labute approximate surface area is 131 Å². The minimum atomic E-state index is -0.129. The Morgan fingerprint density at radius 2 is 2.10 bits per heavy atom. The van der Waals surface area contributed by atoms with Crippen molar-refractivity contribution in [1.82, 2.24) is 15.3 Å². The van der Waals surface area contributed by atoms with Crippen molar-refractivity contribution in [2.24, 2.45) is 0 Å². The Morgan fingerprint density at radius 1 is 1.38 bits per heavy atom. The molecule has 0 spiro atoms. The first-order valence-corrected chi connectivity index (χ1v) is 8.83. The van der Waals surface area contributed by atoms with Crippen LogP contribution < -0.4 is 10.6 Å². The number of amides is 1. The van der Waals surface area contributed by atoms with Crippen LogP contribution >= 0.6 is 11.8 Å². The van der Waals surface area contributed by atoms with Crippen molar-refractivity contribution in [3.05, 3.63) is 17.7 Å². The number of hydrogen-bond donors (Lipinski definition) is 2. The summed E-state index contributed by atoms with van der Waals surface area (Å²) >= 11 is 1.73. The van der Waals surface area contributed by atoms with E-state index in [4.69, 9.17) is 0 Å². The van der Waals surface area contributed by atoms with Crippen molar-refractivity contribution in [2.45, 2.75) is 46.1 Å². The molecule has 1 rings (SSSR count). The molecule has 0 aromatic carbocycles. The zero-order valence-electron chi connectivity index (χ0n) is 13.6. The molecule has 0 fully saturated rings. The van der Waals surface area contributed by atoms with Crippen LogP contribution in [-0.2, 0) is 0 Å².